The van der Waals surface area contributed by atoms with Crippen LogP contribution in [0.15, 0.2) is 24.4 Å². The zero-order chi connectivity index (χ0) is 8.97. The molecule has 0 aliphatic carbocycles. The Labute approximate surface area is 82.8 Å². The van der Waals surface area contributed by atoms with E-state index in [0.29, 0.717) is 0 Å². The number of hydrogen-bond donors (Lipinski definition) is 0. The number of thioether (sulfide) groups is 1. The Morgan fingerprint density at radius 2 is 2.17 bits per heavy atom. The number of rotatable bonds is 0. The number of nitrogens with zero attached hydrogens (tertiary/aromatic N) is 1. The maximum absolute atomic E-state index is 5.12. The quantitative estimate of drug-likeness (QED) is 0.465. The first-order valence-electron chi connectivity index (χ1n) is 4.03. The van der Waals surface area contributed by atoms with Gasteiger partial charge in [0.05, 0.1) is 0 Å². The Bertz CT molecular complexity index is 284. The molecule has 0 radical (unpaired) electrons. The van der Waals surface area contributed by atoms with Crippen LogP contribution in [0.3, 0.4) is 0 Å². The minimum absolute atomic E-state index is 0.981. The largest absolute Gasteiger partial charge is 0.230 e. The molecule has 0 atom stereocenters. The Morgan fingerprint density at radius 1 is 1.42 bits per heavy atom. The van der Waals surface area contributed by atoms with Crippen molar-refractivity contribution in [1.29, 1.82) is 0 Å². The normalized spacial score (nSPS) is 13.3. The summed E-state index contributed by atoms with van der Waals surface area (Å²) in [5.74, 6) is 0.981. The van der Waals surface area contributed by atoms with Crippen LogP contribution < -0.4 is 4.57 Å². The lowest BCUT2D eigenvalue weighted by atomic mass is 10.4. The van der Waals surface area contributed by atoms with Gasteiger partial charge in [0.2, 0.25) is 11.6 Å². The fraction of sp³-hybridized carbons (Fsp3) is 0.333. The molecule has 0 amide bonds. The first-order chi connectivity index (χ1) is 5.88. The van der Waals surface area contributed by atoms with Crippen LogP contribution in [0.5, 0.6) is 0 Å². The second-order valence-corrected chi connectivity index (χ2v) is 3.74. The summed E-state index contributed by atoms with van der Waals surface area (Å²) in [7, 11) is 0. The summed E-state index contributed by atoms with van der Waals surface area (Å²) in [6.45, 7) is 4.00. The summed E-state index contributed by atoms with van der Waals surface area (Å²) < 4.78 is 3.17. The molecule has 2 heterocycles. The molecule has 0 spiro atoms. The minimum Gasteiger partial charge on any atom is -0.187 e. The van der Waals surface area contributed by atoms with Gasteiger partial charge in [0.25, 0.3) is 0 Å². The van der Waals surface area contributed by atoms with E-state index in [1.807, 2.05) is 26.0 Å². The molecule has 0 bridgehead atoms. The van der Waals surface area contributed by atoms with Crippen LogP contribution in [0, 0.1) is 0 Å². The molecule has 64 valence electrons. The van der Waals surface area contributed by atoms with Gasteiger partial charge in [0.15, 0.2) is 6.20 Å². The van der Waals surface area contributed by atoms with Gasteiger partial charge in [-0.05, 0) is 17.8 Å². The summed E-state index contributed by atoms with van der Waals surface area (Å²) in [5.41, 5.74) is 1.18. The lowest BCUT2D eigenvalue weighted by molar-refractivity contribution is -0.674. The number of aromatic nitrogens is 1. The molecule has 0 fully saturated rings. The van der Waals surface area contributed by atoms with Gasteiger partial charge in [-0.25, -0.2) is 0 Å². The highest BCUT2D eigenvalue weighted by molar-refractivity contribution is 8.23. The number of thiocarbonyl (C=S) groups is 1. The summed E-state index contributed by atoms with van der Waals surface area (Å²) in [6, 6.07) is 6.10. The van der Waals surface area contributed by atoms with Crippen LogP contribution in [-0.4, -0.2) is 4.20 Å². The maximum atomic E-state index is 5.12. The first kappa shape index (κ1) is 9.68. The fourth-order valence-corrected chi connectivity index (χ4v) is 2.13. The van der Waals surface area contributed by atoms with E-state index in [9.17, 15) is 0 Å². The maximum Gasteiger partial charge on any atom is 0.230 e. The fourth-order valence-electron chi connectivity index (χ4n) is 0.976. The molecule has 1 nitrogen and oxygen atoms in total. The van der Waals surface area contributed by atoms with Crippen LogP contribution in [0.1, 0.15) is 19.5 Å². The van der Waals surface area contributed by atoms with E-state index in [1.54, 1.807) is 11.8 Å². The van der Waals surface area contributed by atoms with E-state index in [1.165, 1.54) is 5.69 Å². The Balaban J connectivity index is 0.000000336. The first-order valence-corrected chi connectivity index (χ1v) is 5.43. The summed E-state index contributed by atoms with van der Waals surface area (Å²) in [5, 5.41) is 0. The van der Waals surface area contributed by atoms with Gasteiger partial charge in [0, 0.05) is 12.1 Å². The molecule has 0 N–H and O–H groups in total. The van der Waals surface area contributed by atoms with E-state index in [2.05, 4.69) is 16.8 Å². The second kappa shape index (κ2) is 4.58. The van der Waals surface area contributed by atoms with Gasteiger partial charge in [-0.3, -0.25) is 0 Å². The third kappa shape index (κ3) is 1.84. The van der Waals surface area contributed by atoms with Crippen molar-refractivity contribution >= 4 is 28.2 Å². The van der Waals surface area contributed by atoms with Gasteiger partial charge >= 0.3 is 0 Å². The molecule has 1 aromatic heterocycles. The molecule has 0 aromatic carbocycles. The molecule has 1 aliphatic heterocycles. The van der Waals surface area contributed by atoms with Gasteiger partial charge < -0.3 is 0 Å². The molecule has 12 heavy (non-hydrogen) atoms. The number of fused-ring (bicyclic) bond motifs is 1. The van der Waals surface area contributed by atoms with Gasteiger partial charge in [-0.2, -0.15) is 4.57 Å². The van der Waals surface area contributed by atoms with Gasteiger partial charge in [-0.1, -0.05) is 26.1 Å². The van der Waals surface area contributed by atoms with Crippen molar-refractivity contribution in [3.8, 4) is 0 Å². The summed E-state index contributed by atoms with van der Waals surface area (Å²) in [6.07, 6.45) is 2.06. The van der Waals surface area contributed by atoms with Gasteiger partial charge in [-0.15, -0.1) is 0 Å². The van der Waals surface area contributed by atoms with Crippen molar-refractivity contribution in [2.45, 2.75) is 19.7 Å². The van der Waals surface area contributed by atoms with E-state index in [4.69, 9.17) is 12.2 Å². The molecule has 1 aromatic rings. The van der Waals surface area contributed by atoms with Crippen LogP contribution in [0.2, 0.25) is 0 Å². The van der Waals surface area contributed by atoms with Crippen molar-refractivity contribution in [3.05, 3.63) is 30.1 Å². The average Bonchev–Trinajstić information content (AvgIpc) is 2.53. The smallest absolute Gasteiger partial charge is 0.187 e. The molecule has 0 saturated heterocycles. The molecular formula is C9H12NS2+. The number of pyridine rings is 1. The van der Waals surface area contributed by atoms with E-state index in [0.717, 1.165) is 10.1 Å². The van der Waals surface area contributed by atoms with Crippen molar-refractivity contribution in [2.24, 2.45) is 0 Å². The zero-order valence-corrected chi connectivity index (χ0v) is 8.91. The van der Waals surface area contributed by atoms with E-state index < -0.39 is 0 Å². The van der Waals surface area contributed by atoms with E-state index >= 15 is 0 Å². The SMILES string of the molecule is CC.S=C1SC[n+]2ccccc21. The third-order valence-corrected chi connectivity index (χ3v) is 2.93. The third-order valence-electron chi connectivity index (χ3n) is 1.48. The van der Waals surface area contributed by atoms with Crippen LogP contribution >= 0.6 is 24.0 Å². The Kier molecular flexibility index (Phi) is 3.69. The second-order valence-electron chi connectivity index (χ2n) is 2.12. The van der Waals surface area contributed by atoms with Crippen molar-refractivity contribution < 1.29 is 4.57 Å². The molecule has 1 aliphatic rings. The molecule has 0 saturated carbocycles. The predicted molar refractivity (Wildman–Crippen MR) is 57.3 cm³/mol. The highest BCUT2D eigenvalue weighted by Crippen LogP contribution is 2.16. The summed E-state index contributed by atoms with van der Waals surface area (Å²) in [4.78, 5) is 0. The lowest BCUT2D eigenvalue weighted by Gasteiger charge is -1.86. The van der Waals surface area contributed by atoms with E-state index in [-0.39, 0.29) is 0 Å². The highest BCUT2D eigenvalue weighted by atomic mass is 32.2. The van der Waals surface area contributed by atoms with Crippen LogP contribution in [0.25, 0.3) is 0 Å². The van der Waals surface area contributed by atoms with Crippen molar-refractivity contribution in [3.63, 3.8) is 0 Å². The molecule has 2 rings (SSSR count). The topological polar surface area (TPSA) is 3.88 Å². The molecular weight excluding hydrogens is 186 g/mol. The number of hydrogen-bond acceptors (Lipinski definition) is 2. The highest BCUT2D eigenvalue weighted by Gasteiger charge is 2.23. The lowest BCUT2D eigenvalue weighted by Crippen LogP contribution is -2.31. The van der Waals surface area contributed by atoms with Crippen LogP contribution in [-0.2, 0) is 5.88 Å². The molecule has 0 unspecified atom stereocenters. The minimum atomic E-state index is 0.981. The van der Waals surface area contributed by atoms with Crippen molar-refractivity contribution in [2.75, 3.05) is 0 Å². The standard InChI is InChI=1S/C7H6NS2.C2H6/c9-7-6-3-1-2-4-8(6)5-10-7;1-2/h1-4H,5H2;1-2H3/q+1;. The Hall–Kier alpha value is -0.410. The zero-order valence-electron chi connectivity index (χ0n) is 7.28. The van der Waals surface area contributed by atoms with Crippen LogP contribution in [0.4, 0.5) is 0 Å². The molecule has 3 heteroatoms. The summed E-state index contributed by atoms with van der Waals surface area (Å²) >= 11 is 6.84. The monoisotopic (exact) mass is 198 g/mol. The van der Waals surface area contributed by atoms with Gasteiger partial charge in [0.1, 0.15) is 4.20 Å². The predicted octanol–water partition coefficient (Wildman–Crippen LogP) is 2.38. The van der Waals surface area contributed by atoms with Crippen molar-refractivity contribution in [1.82, 2.24) is 0 Å². The Morgan fingerprint density at radius 3 is 2.83 bits per heavy atom. The average molecular weight is 198 g/mol.